The Morgan fingerprint density at radius 2 is 1.78 bits per heavy atom. The van der Waals surface area contributed by atoms with Crippen LogP contribution in [0.3, 0.4) is 0 Å². The van der Waals surface area contributed by atoms with Gasteiger partial charge in [0, 0.05) is 44.8 Å². The molecule has 2 aliphatic heterocycles. The Labute approximate surface area is 162 Å². The second kappa shape index (κ2) is 8.71. The largest absolute Gasteiger partial charge is 0.381 e. The van der Waals surface area contributed by atoms with E-state index in [1.807, 2.05) is 24.8 Å². The van der Waals surface area contributed by atoms with Crippen molar-refractivity contribution in [2.45, 2.75) is 62.9 Å². The second-order valence-corrected chi connectivity index (χ2v) is 9.39. The number of rotatable bonds is 5. The van der Waals surface area contributed by atoms with Crippen LogP contribution in [0.25, 0.3) is 0 Å². The van der Waals surface area contributed by atoms with Crippen LogP contribution in [-0.2, 0) is 19.6 Å². The minimum Gasteiger partial charge on any atom is -0.381 e. The number of amides is 1. The predicted molar refractivity (Wildman–Crippen MR) is 104 cm³/mol. The molecule has 0 aromatic heterocycles. The summed E-state index contributed by atoms with van der Waals surface area (Å²) in [6, 6.07) is 7.38. The van der Waals surface area contributed by atoms with E-state index in [0.717, 1.165) is 18.4 Å². The van der Waals surface area contributed by atoms with Crippen molar-refractivity contribution in [3.8, 4) is 0 Å². The van der Waals surface area contributed by atoms with Gasteiger partial charge in [0.2, 0.25) is 15.9 Å². The van der Waals surface area contributed by atoms with Crippen LogP contribution in [0.15, 0.2) is 29.2 Å². The maximum absolute atomic E-state index is 12.9. The van der Waals surface area contributed by atoms with Crippen molar-refractivity contribution in [2.24, 2.45) is 0 Å². The predicted octanol–water partition coefficient (Wildman–Crippen LogP) is 2.57. The Hall–Kier alpha value is -1.44. The Morgan fingerprint density at radius 1 is 1.15 bits per heavy atom. The molecule has 3 rings (SSSR count). The molecule has 6 nitrogen and oxygen atoms in total. The van der Waals surface area contributed by atoms with Gasteiger partial charge in [-0.05, 0) is 50.3 Å². The summed E-state index contributed by atoms with van der Waals surface area (Å²) in [6.45, 7) is 6.09. The highest BCUT2D eigenvalue weighted by molar-refractivity contribution is 7.89. The average Bonchev–Trinajstić information content (AvgIpc) is 2.69. The summed E-state index contributed by atoms with van der Waals surface area (Å²) in [5, 5.41) is 0. The third-order valence-electron chi connectivity index (χ3n) is 5.62. The molecule has 2 fully saturated rings. The highest BCUT2D eigenvalue weighted by Crippen LogP contribution is 2.27. The fourth-order valence-electron chi connectivity index (χ4n) is 4.14. The van der Waals surface area contributed by atoms with E-state index >= 15 is 0 Å². The van der Waals surface area contributed by atoms with Gasteiger partial charge in [0.25, 0.3) is 0 Å². The summed E-state index contributed by atoms with van der Waals surface area (Å²) in [4.78, 5) is 15.0. The van der Waals surface area contributed by atoms with Gasteiger partial charge in [-0.25, -0.2) is 8.42 Å². The minimum atomic E-state index is -3.47. The van der Waals surface area contributed by atoms with Gasteiger partial charge < -0.3 is 9.64 Å². The van der Waals surface area contributed by atoms with Crippen LogP contribution in [0, 0.1) is 6.92 Å². The van der Waals surface area contributed by atoms with Crippen LogP contribution in [0.1, 0.15) is 44.6 Å². The second-order valence-electron chi connectivity index (χ2n) is 7.45. The van der Waals surface area contributed by atoms with Crippen molar-refractivity contribution in [2.75, 3.05) is 26.3 Å². The SMILES string of the molecule is CCC(=O)N(C1CCOCC1)C1CCN(S(=O)(=O)c2cccc(C)c2)CC1. The summed E-state index contributed by atoms with van der Waals surface area (Å²) >= 11 is 0. The van der Waals surface area contributed by atoms with Crippen LogP contribution in [0.4, 0.5) is 0 Å². The van der Waals surface area contributed by atoms with Crippen molar-refractivity contribution in [1.82, 2.24) is 9.21 Å². The molecule has 0 saturated carbocycles. The summed E-state index contributed by atoms with van der Waals surface area (Å²) in [7, 11) is -3.47. The topological polar surface area (TPSA) is 66.9 Å². The fraction of sp³-hybridized carbons (Fsp3) is 0.650. The lowest BCUT2D eigenvalue weighted by Crippen LogP contribution is -2.53. The van der Waals surface area contributed by atoms with E-state index < -0.39 is 10.0 Å². The van der Waals surface area contributed by atoms with Crippen molar-refractivity contribution < 1.29 is 17.9 Å². The molecule has 0 atom stereocenters. The summed E-state index contributed by atoms with van der Waals surface area (Å²) < 4.78 is 32.9. The normalized spacial score (nSPS) is 20.5. The van der Waals surface area contributed by atoms with E-state index in [9.17, 15) is 13.2 Å². The minimum absolute atomic E-state index is 0.115. The number of ether oxygens (including phenoxy) is 1. The molecule has 0 radical (unpaired) electrons. The van der Waals surface area contributed by atoms with E-state index in [2.05, 4.69) is 0 Å². The smallest absolute Gasteiger partial charge is 0.243 e. The molecule has 2 saturated heterocycles. The van der Waals surface area contributed by atoms with Gasteiger partial charge in [-0.15, -0.1) is 0 Å². The number of aryl methyl sites for hydroxylation is 1. The summed E-state index contributed by atoms with van der Waals surface area (Å²) in [5.74, 6) is 0.168. The standard InChI is InChI=1S/C20H30N2O4S/c1-3-20(23)22(18-9-13-26-14-10-18)17-7-11-21(12-8-17)27(24,25)19-6-4-5-16(2)15-19/h4-6,15,17-18H,3,7-14H2,1-2H3. The maximum atomic E-state index is 12.9. The number of carbonyl (C=O) groups excluding carboxylic acids is 1. The molecular weight excluding hydrogens is 364 g/mol. The number of hydrogen-bond donors (Lipinski definition) is 0. The molecule has 1 aromatic rings. The number of nitrogens with zero attached hydrogens (tertiary/aromatic N) is 2. The highest BCUT2D eigenvalue weighted by atomic mass is 32.2. The molecule has 27 heavy (non-hydrogen) atoms. The van der Waals surface area contributed by atoms with Crippen molar-refractivity contribution in [1.29, 1.82) is 0 Å². The highest BCUT2D eigenvalue weighted by Gasteiger charge is 2.36. The third-order valence-corrected chi connectivity index (χ3v) is 7.51. The first-order valence-electron chi connectivity index (χ1n) is 9.89. The number of piperidine rings is 1. The number of sulfonamides is 1. The van der Waals surface area contributed by atoms with E-state index in [1.165, 1.54) is 0 Å². The van der Waals surface area contributed by atoms with Gasteiger partial charge in [-0.2, -0.15) is 4.31 Å². The molecule has 0 spiro atoms. The zero-order valence-corrected chi connectivity index (χ0v) is 17.1. The molecule has 0 bridgehead atoms. The fourth-order valence-corrected chi connectivity index (χ4v) is 5.71. The van der Waals surface area contributed by atoms with Gasteiger partial charge in [0.05, 0.1) is 4.90 Å². The Kier molecular flexibility index (Phi) is 6.55. The Balaban J connectivity index is 1.70. The molecule has 0 aliphatic carbocycles. The van der Waals surface area contributed by atoms with Crippen LogP contribution in [-0.4, -0.2) is 61.9 Å². The van der Waals surface area contributed by atoms with Crippen molar-refractivity contribution in [3.05, 3.63) is 29.8 Å². The Morgan fingerprint density at radius 3 is 2.37 bits per heavy atom. The van der Waals surface area contributed by atoms with Gasteiger partial charge >= 0.3 is 0 Å². The first kappa shape index (κ1) is 20.3. The third kappa shape index (κ3) is 4.52. The quantitative estimate of drug-likeness (QED) is 0.770. The van der Waals surface area contributed by atoms with Crippen LogP contribution < -0.4 is 0 Å². The molecule has 0 unspecified atom stereocenters. The first-order chi connectivity index (χ1) is 12.9. The van der Waals surface area contributed by atoms with E-state index in [1.54, 1.807) is 22.5 Å². The molecule has 1 amide bonds. The molecular formula is C20H30N2O4S. The number of carbonyl (C=O) groups is 1. The maximum Gasteiger partial charge on any atom is 0.243 e. The average molecular weight is 395 g/mol. The lowest BCUT2D eigenvalue weighted by molar-refractivity contribution is -0.139. The van der Waals surface area contributed by atoms with Gasteiger partial charge in [0.15, 0.2) is 0 Å². The zero-order chi connectivity index (χ0) is 19.4. The lowest BCUT2D eigenvalue weighted by atomic mass is 9.98. The molecule has 1 aromatic carbocycles. The van der Waals surface area contributed by atoms with Gasteiger partial charge in [-0.3, -0.25) is 4.79 Å². The van der Waals surface area contributed by atoms with E-state index in [0.29, 0.717) is 50.5 Å². The first-order valence-corrected chi connectivity index (χ1v) is 11.3. The summed E-state index contributed by atoms with van der Waals surface area (Å²) in [5.41, 5.74) is 0.935. The number of hydrogen-bond acceptors (Lipinski definition) is 4. The molecule has 0 N–H and O–H groups in total. The van der Waals surface area contributed by atoms with E-state index in [4.69, 9.17) is 4.74 Å². The van der Waals surface area contributed by atoms with Crippen LogP contribution >= 0.6 is 0 Å². The Bertz CT molecular complexity index is 751. The van der Waals surface area contributed by atoms with Gasteiger partial charge in [0.1, 0.15) is 0 Å². The van der Waals surface area contributed by atoms with E-state index in [-0.39, 0.29) is 18.0 Å². The molecule has 2 aliphatic rings. The monoisotopic (exact) mass is 394 g/mol. The lowest BCUT2D eigenvalue weighted by Gasteiger charge is -2.43. The molecule has 2 heterocycles. The number of benzene rings is 1. The molecule has 7 heteroatoms. The summed E-state index contributed by atoms with van der Waals surface area (Å²) in [6.07, 6.45) is 3.60. The van der Waals surface area contributed by atoms with Crippen LogP contribution in [0.5, 0.6) is 0 Å². The zero-order valence-electron chi connectivity index (χ0n) is 16.3. The molecule has 150 valence electrons. The van der Waals surface area contributed by atoms with Crippen molar-refractivity contribution >= 4 is 15.9 Å². The van der Waals surface area contributed by atoms with Crippen LogP contribution in [0.2, 0.25) is 0 Å². The van der Waals surface area contributed by atoms with Gasteiger partial charge in [-0.1, -0.05) is 19.1 Å². The van der Waals surface area contributed by atoms with Crippen molar-refractivity contribution in [3.63, 3.8) is 0 Å².